The third-order valence-corrected chi connectivity index (χ3v) is 10.9. The molecule has 4 heterocycles. The maximum absolute atomic E-state index is 14.4. The normalized spacial score (nSPS) is 28.7. The molecule has 16 heteroatoms. The number of fused-ring (bicyclic) bond motifs is 2. The number of nitrogens with one attached hydrogen (secondary N) is 1. The molecule has 0 radical (unpaired) electrons. The molecule has 2 aromatic heterocycles. The van der Waals surface area contributed by atoms with Gasteiger partial charge >= 0.3 is 12.1 Å². The van der Waals surface area contributed by atoms with E-state index in [2.05, 4.69) is 11.9 Å². The second-order valence-electron chi connectivity index (χ2n) is 13.7. The number of hydrogen-bond donors (Lipinski definition) is 3. The summed E-state index contributed by atoms with van der Waals surface area (Å²) in [5.74, 6) is -3.58. The molecule has 15 nitrogen and oxygen atoms in total. The lowest BCUT2D eigenvalue weighted by atomic mass is 10.0. The summed E-state index contributed by atoms with van der Waals surface area (Å²) in [6, 6.07) is 8.42. The first-order valence-electron chi connectivity index (χ1n) is 16.9. The van der Waals surface area contributed by atoms with Crippen molar-refractivity contribution in [2.45, 2.75) is 81.6 Å². The highest BCUT2D eigenvalue weighted by Crippen LogP contribution is 2.45. The summed E-state index contributed by atoms with van der Waals surface area (Å²) in [7, 11) is 0. The summed E-state index contributed by atoms with van der Waals surface area (Å²) < 4.78 is 23.0. The third-order valence-electron chi connectivity index (χ3n) is 10.0. The number of nitrogens with zero attached hydrogens (tertiary/aromatic N) is 4. The molecule has 1 aromatic carbocycles. The van der Waals surface area contributed by atoms with Crippen molar-refractivity contribution in [3.63, 3.8) is 0 Å². The molecule has 7 rings (SSSR count). The lowest BCUT2D eigenvalue weighted by molar-refractivity contribution is -0.164. The number of carboxylic acids is 1. The number of rotatable bonds is 11. The zero-order chi connectivity index (χ0) is 36.0. The summed E-state index contributed by atoms with van der Waals surface area (Å²) in [5, 5.41) is 26.0. The molecular formula is C35H39N5O10S. The fourth-order valence-electron chi connectivity index (χ4n) is 7.22. The van der Waals surface area contributed by atoms with Crippen LogP contribution in [0, 0.1) is 11.8 Å². The van der Waals surface area contributed by atoms with Gasteiger partial charge in [-0.05, 0) is 35.9 Å². The van der Waals surface area contributed by atoms with Crippen LogP contribution in [0.3, 0.4) is 0 Å². The molecule has 2 aliphatic carbocycles. The summed E-state index contributed by atoms with van der Waals surface area (Å²) in [6.07, 6.45) is -0.559. The third kappa shape index (κ3) is 6.64. The highest BCUT2D eigenvalue weighted by molar-refractivity contribution is 7.13. The molecule has 4 fully saturated rings. The van der Waals surface area contributed by atoms with E-state index in [9.17, 15) is 29.5 Å². The van der Waals surface area contributed by atoms with Crippen LogP contribution in [0.2, 0.25) is 0 Å². The fourth-order valence-corrected chi connectivity index (χ4v) is 7.93. The molecule has 2 aliphatic heterocycles. The van der Waals surface area contributed by atoms with Crippen LogP contribution in [-0.2, 0) is 28.6 Å². The molecule has 0 spiro atoms. The van der Waals surface area contributed by atoms with Crippen molar-refractivity contribution in [3.8, 4) is 16.5 Å². The van der Waals surface area contributed by atoms with E-state index >= 15 is 0 Å². The number of para-hydroxylation sites is 2. The molecular weight excluding hydrogens is 682 g/mol. The predicted octanol–water partition coefficient (Wildman–Crippen LogP) is 3.61. The van der Waals surface area contributed by atoms with E-state index in [1.165, 1.54) is 22.3 Å². The smallest absolute Gasteiger partial charge is 0.434 e. The van der Waals surface area contributed by atoms with E-state index in [0.717, 1.165) is 4.88 Å². The van der Waals surface area contributed by atoms with E-state index in [1.54, 1.807) is 19.9 Å². The minimum atomic E-state index is -1.56. The van der Waals surface area contributed by atoms with Gasteiger partial charge in [-0.15, -0.1) is 17.9 Å². The number of hydroxylamine groups is 2. The van der Waals surface area contributed by atoms with Crippen molar-refractivity contribution in [2.24, 2.45) is 11.8 Å². The maximum atomic E-state index is 14.4. The van der Waals surface area contributed by atoms with Crippen LogP contribution in [0.15, 0.2) is 54.4 Å². The van der Waals surface area contributed by atoms with Gasteiger partial charge in [-0.25, -0.2) is 19.6 Å². The SMILES string of the molecule is C=C[C@@H]1CC1(NC(=O)[C@@H]1C[C@@H](Oc2nc3ccccc3nc2-c2cccs2)CN1C(=O)C(C(C)C)N(O)C(=O)OC1CC2OCOC2C1)C(=O)O. The van der Waals surface area contributed by atoms with Crippen molar-refractivity contribution in [3.05, 3.63) is 54.4 Å². The first-order valence-corrected chi connectivity index (χ1v) is 17.7. The summed E-state index contributed by atoms with van der Waals surface area (Å²) in [6.45, 7) is 7.03. The Morgan fingerprint density at radius 2 is 1.78 bits per heavy atom. The maximum Gasteiger partial charge on any atom is 0.434 e. The topological polar surface area (TPSA) is 190 Å². The minimum absolute atomic E-state index is 0.0318. The number of thiophene rings is 1. The monoisotopic (exact) mass is 721 g/mol. The Morgan fingerprint density at radius 3 is 2.39 bits per heavy atom. The number of carbonyl (C=O) groups excluding carboxylic acids is 3. The van der Waals surface area contributed by atoms with Crippen molar-refractivity contribution in [1.29, 1.82) is 0 Å². The van der Waals surface area contributed by atoms with Gasteiger partial charge in [-0.3, -0.25) is 14.8 Å². The van der Waals surface area contributed by atoms with Gasteiger partial charge < -0.3 is 34.3 Å². The highest BCUT2D eigenvalue weighted by Gasteiger charge is 2.61. The molecule has 7 atom stereocenters. The van der Waals surface area contributed by atoms with E-state index in [1.807, 2.05) is 35.7 Å². The summed E-state index contributed by atoms with van der Waals surface area (Å²) >= 11 is 1.45. The first-order chi connectivity index (χ1) is 24.5. The number of hydrogen-bond acceptors (Lipinski definition) is 12. The molecule has 51 heavy (non-hydrogen) atoms. The molecule has 2 saturated heterocycles. The molecule has 270 valence electrons. The molecule has 3 N–H and O–H groups in total. The Bertz CT molecular complexity index is 1830. The van der Waals surface area contributed by atoms with Gasteiger partial charge in [0.25, 0.3) is 0 Å². The Kier molecular flexibility index (Phi) is 9.43. The number of benzene rings is 1. The number of aromatic nitrogens is 2. The minimum Gasteiger partial charge on any atom is -0.479 e. The molecule has 4 aliphatic rings. The number of carbonyl (C=O) groups is 4. The van der Waals surface area contributed by atoms with E-state index < -0.39 is 65.5 Å². The zero-order valence-electron chi connectivity index (χ0n) is 28.0. The Labute approximate surface area is 297 Å². The number of aliphatic carboxylic acids is 1. The Morgan fingerprint density at radius 1 is 1.08 bits per heavy atom. The zero-order valence-corrected chi connectivity index (χ0v) is 28.9. The fraction of sp³-hybridized carbons (Fsp3) is 0.486. The standard InChI is InChI=1S/C35H39N5O10S/c1-4-19-15-35(19,33(43)44)38-30(41)24-12-21(49-31-28(27-10-7-11-51-27)36-22-8-5-6-9-23(22)37-31)16-39(24)32(42)29(18(2)3)40(46)34(45)50-20-13-25-26(14-20)48-17-47-25/h4-11,18-21,24-26,29,46H,1,12-17H2,2-3H3,(H,38,41)(H,43,44)/t19-,20?,21-,24+,25?,26?,29?,35?/m1/s1. The average Bonchev–Trinajstić information content (AvgIpc) is 3.65. The van der Waals surface area contributed by atoms with Crippen molar-refractivity contribution in [2.75, 3.05) is 13.3 Å². The number of likely N-dealkylation sites (tertiary alicyclic amines) is 1. The Hall–Kier alpha value is -4.64. The number of carboxylic acid groups (broad SMARTS) is 1. The quantitative estimate of drug-likeness (QED) is 0.148. The van der Waals surface area contributed by atoms with Crippen LogP contribution < -0.4 is 10.1 Å². The largest absolute Gasteiger partial charge is 0.479 e. The van der Waals surface area contributed by atoms with E-state index in [0.29, 0.717) is 29.6 Å². The van der Waals surface area contributed by atoms with Crippen LogP contribution in [0.25, 0.3) is 21.6 Å². The highest BCUT2D eigenvalue weighted by atomic mass is 32.1. The number of amides is 3. The number of ether oxygens (including phenoxy) is 4. The van der Waals surface area contributed by atoms with Gasteiger partial charge in [-0.2, -0.15) is 5.06 Å². The van der Waals surface area contributed by atoms with Crippen LogP contribution in [0.5, 0.6) is 5.88 Å². The summed E-state index contributed by atoms with van der Waals surface area (Å²) in [4.78, 5) is 65.4. The second-order valence-corrected chi connectivity index (χ2v) is 14.6. The van der Waals surface area contributed by atoms with Crippen LogP contribution in [0.1, 0.15) is 39.5 Å². The van der Waals surface area contributed by atoms with Crippen molar-refractivity contribution >= 4 is 46.2 Å². The van der Waals surface area contributed by atoms with Crippen LogP contribution in [0.4, 0.5) is 4.79 Å². The van der Waals surface area contributed by atoms with Crippen LogP contribution in [-0.4, -0.2) is 109 Å². The predicted molar refractivity (Wildman–Crippen MR) is 181 cm³/mol. The van der Waals surface area contributed by atoms with Gasteiger partial charge in [0.2, 0.25) is 17.7 Å². The van der Waals surface area contributed by atoms with Gasteiger partial charge in [0.1, 0.15) is 42.3 Å². The Balaban J connectivity index is 1.16. The molecule has 4 unspecified atom stereocenters. The molecule has 2 saturated carbocycles. The van der Waals surface area contributed by atoms with Gasteiger partial charge in [0.15, 0.2) is 0 Å². The second kappa shape index (κ2) is 13.8. The van der Waals surface area contributed by atoms with Crippen molar-refractivity contribution < 1.29 is 48.4 Å². The molecule has 3 amide bonds. The van der Waals surface area contributed by atoms with Gasteiger partial charge in [0.05, 0.1) is 34.7 Å². The van der Waals surface area contributed by atoms with E-state index in [-0.39, 0.29) is 49.3 Å². The molecule has 0 bridgehead atoms. The summed E-state index contributed by atoms with van der Waals surface area (Å²) in [5.41, 5.74) is 0.172. The van der Waals surface area contributed by atoms with E-state index in [4.69, 9.17) is 28.9 Å². The lowest BCUT2D eigenvalue weighted by Gasteiger charge is -2.33. The van der Waals surface area contributed by atoms with Crippen LogP contribution >= 0.6 is 11.3 Å². The lowest BCUT2D eigenvalue weighted by Crippen LogP contribution is -2.58. The first kappa shape index (κ1) is 34.8. The average molecular weight is 722 g/mol. The van der Waals surface area contributed by atoms with Gasteiger partial charge in [0, 0.05) is 25.2 Å². The molecule has 3 aromatic rings. The van der Waals surface area contributed by atoms with Crippen molar-refractivity contribution in [1.82, 2.24) is 25.2 Å². The van der Waals surface area contributed by atoms with Gasteiger partial charge in [-0.1, -0.05) is 38.1 Å².